The van der Waals surface area contributed by atoms with Crippen molar-refractivity contribution in [1.82, 2.24) is 0 Å². The van der Waals surface area contributed by atoms with E-state index in [9.17, 15) is 4.79 Å². The molecule has 1 aromatic rings. The molecule has 1 aromatic carbocycles. The highest BCUT2D eigenvalue weighted by molar-refractivity contribution is 6.01. The van der Waals surface area contributed by atoms with Crippen LogP contribution in [0.25, 0.3) is 0 Å². The number of benzene rings is 1. The van der Waals surface area contributed by atoms with Gasteiger partial charge >= 0.3 is 0 Å². The summed E-state index contributed by atoms with van der Waals surface area (Å²) < 4.78 is 16.9. The summed E-state index contributed by atoms with van der Waals surface area (Å²) in [5.74, 6) is 0.348. The number of rotatable bonds is 1. The van der Waals surface area contributed by atoms with Crippen LogP contribution in [-0.2, 0) is 9.47 Å². The maximum absolute atomic E-state index is 12.4. The number of hydrogen-bond acceptors (Lipinski definition) is 4. The number of carbonyl (C=O) groups excluding carboxylic acids is 1. The average Bonchev–Trinajstić information content (AvgIpc) is 2.39. The van der Waals surface area contributed by atoms with Crippen LogP contribution in [0.5, 0.6) is 5.75 Å². The average molecular weight is 248 g/mol. The van der Waals surface area contributed by atoms with Crippen molar-refractivity contribution in [3.05, 3.63) is 29.8 Å². The Labute approximate surface area is 106 Å². The van der Waals surface area contributed by atoms with Gasteiger partial charge in [-0.2, -0.15) is 0 Å². The molecule has 1 fully saturated rings. The first-order valence-corrected chi connectivity index (χ1v) is 6.29. The summed E-state index contributed by atoms with van der Waals surface area (Å²) >= 11 is 0. The summed E-state index contributed by atoms with van der Waals surface area (Å²) in [6, 6.07) is 7.31. The molecule has 2 aliphatic rings. The minimum absolute atomic E-state index is 0.0518. The molecular weight excluding hydrogens is 232 g/mol. The standard InChI is InChI=1S/C14H16O4/c1-9-6-7-16-14(18-9)11-8-17-12-5-3-2-4-10(12)13(11)15/h2-5,9,11,14H,6-8H2,1H3. The molecule has 3 atom stereocenters. The smallest absolute Gasteiger partial charge is 0.178 e. The molecule has 18 heavy (non-hydrogen) atoms. The number of ether oxygens (including phenoxy) is 3. The van der Waals surface area contributed by atoms with Gasteiger partial charge < -0.3 is 14.2 Å². The first kappa shape index (κ1) is 11.7. The third-order valence-corrected chi connectivity index (χ3v) is 3.41. The van der Waals surface area contributed by atoms with Gasteiger partial charge in [0.15, 0.2) is 12.1 Å². The number of carbonyl (C=O) groups is 1. The molecule has 0 amide bonds. The van der Waals surface area contributed by atoms with Gasteiger partial charge in [0.2, 0.25) is 0 Å². The summed E-state index contributed by atoms with van der Waals surface area (Å²) in [4.78, 5) is 12.4. The van der Waals surface area contributed by atoms with Crippen LogP contribution in [0.1, 0.15) is 23.7 Å². The van der Waals surface area contributed by atoms with Crippen molar-refractivity contribution in [2.75, 3.05) is 13.2 Å². The van der Waals surface area contributed by atoms with Gasteiger partial charge in [-0.3, -0.25) is 4.79 Å². The van der Waals surface area contributed by atoms with E-state index in [4.69, 9.17) is 14.2 Å². The lowest BCUT2D eigenvalue weighted by Gasteiger charge is -2.35. The van der Waals surface area contributed by atoms with E-state index in [1.54, 1.807) is 6.07 Å². The van der Waals surface area contributed by atoms with Crippen LogP contribution in [0, 0.1) is 5.92 Å². The van der Waals surface area contributed by atoms with Crippen molar-refractivity contribution < 1.29 is 19.0 Å². The predicted molar refractivity (Wildman–Crippen MR) is 64.7 cm³/mol. The zero-order valence-electron chi connectivity index (χ0n) is 10.3. The number of ketones is 1. The van der Waals surface area contributed by atoms with Gasteiger partial charge in [-0.25, -0.2) is 0 Å². The number of para-hydroxylation sites is 1. The third kappa shape index (κ3) is 2.02. The lowest BCUT2D eigenvalue weighted by Crippen LogP contribution is -2.44. The second-order valence-corrected chi connectivity index (χ2v) is 4.75. The highest BCUT2D eigenvalue weighted by atomic mass is 16.7. The Hall–Kier alpha value is -1.39. The van der Waals surface area contributed by atoms with Gasteiger partial charge in [0, 0.05) is 0 Å². The lowest BCUT2D eigenvalue weighted by molar-refractivity contribution is -0.226. The highest BCUT2D eigenvalue weighted by Crippen LogP contribution is 2.31. The van der Waals surface area contributed by atoms with Crippen LogP contribution < -0.4 is 4.74 Å². The Bertz CT molecular complexity index is 457. The first-order valence-electron chi connectivity index (χ1n) is 6.29. The molecule has 4 heteroatoms. The lowest BCUT2D eigenvalue weighted by atomic mass is 9.94. The zero-order valence-corrected chi connectivity index (χ0v) is 10.3. The molecule has 4 nitrogen and oxygen atoms in total. The molecule has 0 N–H and O–H groups in total. The highest BCUT2D eigenvalue weighted by Gasteiger charge is 2.38. The number of Topliss-reactive ketones (excluding diaryl/α,β-unsaturated/α-hetero) is 1. The monoisotopic (exact) mass is 248 g/mol. The van der Waals surface area contributed by atoms with E-state index in [2.05, 4.69) is 0 Å². The second kappa shape index (κ2) is 4.71. The van der Waals surface area contributed by atoms with E-state index in [1.165, 1.54) is 0 Å². The fourth-order valence-electron chi connectivity index (χ4n) is 2.35. The van der Waals surface area contributed by atoms with E-state index < -0.39 is 6.29 Å². The van der Waals surface area contributed by atoms with Crippen molar-refractivity contribution in [3.8, 4) is 5.75 Å². The van der Waals surface area contributed by atoms with E-state index in [0.29, 0.717) is 24.5 Å². The summed E-state index contributed by atoms with van der Waals surface area (Å²) in [5.41, 5.74) is 0.624. The molecule has 96 valence electrons. The van der Waals surface area contributed by atoms with Gasteiger partial charge in [0.25, 0.3) is 0 Å². The maximum atomic E-state index is 12.4. The van der Waals surface area contributed by atoms with Gasteiger partial charge in [-0.15, -0.1) is 0 Å². The molecule has 0 bridgehead atoms. The van der Waals surface area contributed by atoms with Crippen LogP contribution in [0.2, 0.25) is 0 Å². The van der Waals surface area contributed by atoms with Crippen molar-refractivity contribution in [1.29, 1.82) is 0 Å². The largest absolute Gasteiger partial charge is 0.492 e. The van der Waals surface area contributed by atoms with Gasteiger partial charge in [-0.1, -0.05) is 12.1 Å². The Balaban J connectivity index is 1.82. The van der Waals surface area contributed by atoms with Crippen LogP contribution in [0.4, 0.5) is 0 Å². The molecule has 0 aliphatic carbocycles. The third-order valence-electron chi connectivity index (χ3n) is 3.41. The van der Waals surface area contributed by atoms with E-state index in [-0.39, 0.29) is 17.8 Å². The molecule has 2 heterocycles. The Kier molecular flexibility index (Phi) is 3.06. The molecule has 2 aliphatic heterocycles. The van der Waals surface area contributed by atoms with Crippen molar-refractivity contribution in [2.45, 2.75) is 25.7 Å². The molecule has 3 rings (SSSR count). The fraction of sp³-hybridized carbons (Fsp3) is 0.500. The minimum atomic E-state index is -0.477. The Morgan fingerprint density at radius 1 is 1.28 bits per heavy atom. The van der Waals surface area contributed by atoms with E-state index in [1.807, 2.05) is 25.1 Å². The maximum Gasteiger partial charge on any atom is 0.178 e. The van der Waals surface area contributed by atoms with Crippen molar-refractivity contribution >= 4 is 5.78 Å². The molecule has 0 spiro atoms. The summed E-state index contributed by atoms with van der Waals surface area (Å²) in [6.07, 6.45) is 0.526. The van der Waals surface area contributed by atoms with Crippen LogP contribution in [0.15, 0.2) is 24.3 Å². The number of fused-ring (bicyclic) bond motifs is 1. The summed E-state index contributed by atoms with van der Waals surface area (Å²) in [7, 11) is 0. The normalized spacial score (nSPS) is 31.6. The molecule has 1 saturated heterocycles. The minimum Gasteiger partial charge on any atom is -0.492 e. The van der Waals surface area contributed by atoms with Crippen molar-refractivity contribution in [2.24, 2.45) is 5.92 Å². The molecule has 0 radical (unpaired) electrons. The van der Waals surface area contributed by atoms with Gasteiger partial charge in [0.1, 0.15) is 18.3 Å². The molecule has 3 unspecified atom stereocenters. The SMILES string of the molecule is CC1CCOC(C2COc3ccccc3C2=O)O1. The topological polar surface area (TPSA) is 44.8 Å². The van der Waals surface area contributed by atoms with E-state index >= 15 is 0 Å². The van der Waals surface area contributed by atoms with Crippen LogP contribution >= 0.6 is 0 Å². The predicted octanol–water partition coefficient (Wildman–Crippen LogP) is 2.03. The van der Waals surface area contributed by atoms with Crippen LogP contribution in [0.3, 0.4) is 0 Å². The first-order chi connectivity index (χ1) is 8.75. The zero-order chi connectivity index (χ0) is 12.5. The number of hydrogen-bond donors (Lipinski definition) is 0. The molecular formula is C14H16O4. The molecule has 0 saturated carbocycles. The second-order valence-electron chi connectivity index (χ2n) is 4.75. The van der Waals surface area contributed by atoms with Crippen LogP contribution in [-0.4, -0.2) is 31.4 Å². The van der Waals surface area contributed by atoms with Crippen molar-refractivity contribution in [3.63, 3.8) is 0 Å². The van der Waals surface area contributed by atoms with Gasteiger partial charge in [0.05, 0.1) is 18.3 Å². The quantitative estimate of drug-likeness (QED) is 0.762. The fourth-order valence-corrected chi connectivity index (χ4v) is 2.35. The summed E-state index contributed by atoms with van der Waals surface area (Å²) in [5, 5.41) is 0. The molecule has 0 aromatic heterocycles. The van der Waals surface area contributed by atoms with Gasteiger partial charge in [-0.05, 0) is 25.5 Å². The van der Waals surface area contributed by atoms with E-state index in [0.717, 1.165) is 6.42 Å². The summed E-state index contributed by atoms with van der Waals surface area (Å²) in [6.45, 7) is 2.96. The Morgan fingerprint density at radius 2 is 2.11 bits per heavy atom. The Morgan fingerprint density at radius 3 is 2.94 bits per heavy atom.